The molecular weight excluding hydrogens is 403 g/mol. The lowest BCUT2D eigenvalue weighted by molar-refractivity contribution is -0.132. The Morgan fingerprint density at radius 1 is 1.28 bits per heavy atom. The number of pyridine rings is 1. The monoisotopic (exact) mass is 425 g/mol. The second kappa shape index (κ2) is 8.44. The van der Waals surface area contributed by atoms with E-state index in [1.165, 1.54) is 32.4 Å². The molecule has 1 saturated heterocycles. The van der Waals surface area contributed by atoms with Crippen LogP contribution in [0.4, 0.5) is 13.2 Å². The Labute approximate surface area is 171 Å². The van der Waals surface area contributed by atoms with E-state index in [1.54, 1.807) is 19.1 Å². The van der Waals surface area contributed by atoms with Crippen LogP contribution in [0.3, 0.4) is 0 Å². The minimum atomic E-state index is -3.51. The molecular formula is C20H22F3N3O2S. The van der Waals surface area contributed by atoms with Crippen LogP contribution in [0.2, 0.25) is 0 Å². The largest absolute Gasteiger partial charge is 0.481 e. The fraction of sp³-hybridized carbons (Fsp3) is 0.350. The van der Waals surface area contributed by atoms with E-state index in [4.69, 9.17) is 4.74 Å². The minimum Gasteiger partial charge on any atom is -0.481 e. The van der Waals surface area contributed by atoms with Gasteiger partial charge in [-0.2, -0.15) is 8.78 Å². The number of carbonyl (C=O) groups is 1. The topological polar surface area (TPSA) is 63.6 Å². The summed E-state index contributed by atoms with van der Waals surface area (Å²) in [4.78, 5) is 20.6. The Kier molecular flexibility index (Phi) is 6.62. The number of amidine groups is 1. The number of alkyl halides is 2. The van der Waals surface area contributed by atoms with Crippen molar-refractivity contribution < 1.29 is 22.7 Å². The lowest BCUT2D eigenvalue weighted by Crippen LogP contribution is -2.47. The van der Waals surface area contributed by atoms with Gasteiger partial charge in [0.15, 0.2) is 9.91 Å². The van der Waals surface area contributed by atoms with E-state index in [1.807, 2.05) is 0 Å². The van der Waals surface area contributed by atoms with E-state index in [2.05, 4.69) is 15.3 Å². The number of methoxy groups -OCH3 is 1. The van der Waals surface area contributed by atoms with Crippen LogP contribution >= 0.6 is 11.8 Å². The third-order valence-corrected chi connectivity index (χ3v) is 5.77. The molecule has 0 radical (unpaired) electrons. The lowest BCUT2D eigenvalue weighted by Gasteiger charge is -2.30. The molecule has 1 aromatic heterocycles. The number of hydrogen-bond acceptors (Lipinski definition) is 5. The number of amides is 1. The van der Waals surface area contributed by atoms with E-state index >= 15 is 8.78 Å². The van der Waals surface area contributed by atoms with Gasteiger partial charge >= 0.3 is 0 Å². The highest BCUT2D eigenvalue weighted by Crippen LogP contribution is 2.50. The second-order valence-electron chi connectivity index (χ2n) is 6.41. The first-order valence-corrected chi connectivity index (χ1v) is 9.21. The van der Waals surface area contributed by atoms with E-state index in [0.717, 1.165) is 12.1 Å². The molecule has 0 aliphatic carbocycles. The minimum absolute atomic E-state index is 0. The maximum absolute atomic E-state index is 15.2. The number of ether oxygens (including phenoxy) is 1. The van der Waals surface area contributed by atoms with Gasteiger partial charge < -0.3 is 10.1 Å². The molecule has 1 N–H and O–H groups in total. The number of nitrogens with zero attached hydrogens (tertiary/aromatic N) is 2. The highest BCUT2D eigenvalue weighted by atomic mass is 32.2. The van der Waals surface area contributed by atoms with E-state index < -0.39 is 22.6 Å². The summed E-state index contributed by atoms with van der Waals surface area (Å²) in [6.45, 7) is 2.90. The van der Waals surface area contributed by atoms with Crippen molar-refractivity contribution in [2.75, 3.05) is 7.11 Å². The van der Waals surface area contributed by atoms with Gasteiger partial charge in [-0.3, -0.25) is 9.79 Å². The maximum Gasteiger partial charge on any atom is 0.296 e. The Morgan fingerprint density at radius 2 is 1.93 bits per heavy atom. The number of benzene rings is 1. The van der Waals surface area contributed by atoms with Crippen LogP contribution in [-0.4, -0.2) is 27.9 Å². The molecule has 1 aromatic carbocycles. The van der Waals surface area contributed by atoms with Crippen LogP contribution < -0.4 is 10.1 Å². The Morgan fingerprint density at radius 3 is 2.55 bits per heavy atom. The molecule has 2 aromatic rings. The molecule has 5 nitrogen and oxygen atoms in total. The average molecular weight is 425 g/mol. The number of thioether (sulfide) groups is 1. The number of hydrogen-bond donors (Lipinski definition) is 1. The number of rotatable bonds is 5. The third-order valence-electron chi connectivity index (χ3n) is 4.52. The first-order valence-electron chi connectivity index (χ1n) is 8.39. The first-order chi connectivity index (χ1) is 13.2. The quantitative estimate of drug-likeness (QED) is 0.755. The van der Waals surface area contributed by atoms with Crippen LogP contribution in [0.5, 0.6) is 5.88 Å². The summed E-state index contributed by atoms with van der Waals surface area (Å²) < 4.78 is 46.3. The first kappa shape index (κ1) is 22.7. The van der Waals surface area contributed by atoms with E-state index in [9.17, 15) is 9.18 Å². The van der Waals surface area contributed by atoms with Crippen molar-refractivity contribution in [3.63, 3.8) is 0 Å². The van der Waals surface area contributed by atoms with Crippen molar-refractivity contribution in [2.45, 2.75) is 38.0 Å². The standard InChI is InChI=1S/C19H18F3N3O2S.CH4/c1-11(12-4-6-14(20)7-5-12)24-17-25-16(26)18(2,28-17)19(21,22)13-8-9-23-15(10-13)27-3;/h4-11H,1-3H3,(H,24,25,26);1H4. The summed E-state index contributed by atoms with van der Waals surface area (Å²) in [5.41, 5.74) is 0.320. The highest BCUT2D eigenvalue weighted by molar-refractivity contribution is 8.16. The van der Waals surface area contributed by atoms with E-state index in [-0.39, 0.29) is 29.9 Å². The van der Waals surface area contributed by atoms with Crippen LogP contribution in [0.25, 0.3) is 0 Å². The van der Waals surface area contributed by atoms with Crippen molar-refractivity contribution >= 4 is 22.8 Å². The van der Waals surface area contributed by atoms with Gasteiger partial charge in [0.2, 0.25) is 11.8 Å². The number of aromatic nitrogens is 1. The summed E-state index contributed by atoms with van der Waals surface area (Å²) in [7, 11) is 1.32. The maximum atomic E-state index is 15.2. The zero-order valence-corrected chi connectivity index (χ0v) is 16.2. The molecule has 2 unspecified atom stereocenters. The summed E-state index contributed by atoms with van der Waals surface area (Å²) in [6, 6.07) is 7.52. The smallest absolute Gasteiger partial charge is 0.296 e. The molecule has 9 heteroatoms. The Hall–Kier alpha value is -2.55. The molecule has 2 atom stereocenters. The number of halogens is 3. The van der Waals surface area contributed by atoms with Crippen molar-refractivity contribution in [1.29, 1.82) is 0 Å². The fourth-order valence-corrected chi connectivity index (χ4v) is 3.86. The molecule has 1 aliphatic rings. The molecule has 29 heavy (non-hydrogen) atoms. The Bertz CT molecular complexity index is 921. The van der Waals surface area contributed by atoms with Gasteiger partial charge in [-0.1, -0.05) is 31.3 Å². The average Bonchev–Trinajstić information content (AvgIpc) is 2.97. The number of nitrogens with one attached hydrogen (secondary N) is 1. The van der Waals surface area contributed by atoms with Crippen LogP contribution in [0.1, 0.15) is 38.4 Å². The summed E-state index contributed by atoms with van der Waals surface area (Å²) in [6.07, 6.45) is 1.20. The van der Waals surface area contributed by atoms with Crippen molar-refractivity contribution in [3.8, 4) is 5.88 Å². The van der Waals surface area contributed by atoms with Crippen molar-refractivity contribution in [1.82, 2.24) is 10.3 Å². The molecule has 0 spiro atoms. The zero-order chi connectivity index (χ0) is 20.5. The van der Waals surface area contributed by atoms with Gasteiger partial charge in [-0.05, 0) is 37.6 Å². The second-order valence-corrected chi connectivity index (χ2v) is 7.82. The van der Waals surface area contributed by atoms with Gasteiger partial charge in [0.05, 0.1) is 13.2 Å². The normalized spacial score (nSPS) is 21.4. The van der Waals surface area contributed by atoms with Crippen molar-refractivity contribution in [2.24, 2.45) is 4.99 Å². The molecule has 1 aliphatic heterocycles. The molecule has 0 bridgehead atoms. The van der Waals surface area contributed by atoms with E-state index in [0.29, 0.717) is 17.3 Å². The summed E-state index contributed by atoms with van der Waals surface area (Å²) in [5.74, 6) is -4.70. The highest BCUT2D eigenvalue weighted by Gasteiger charge is 2.61. The number of aliphatic imine (C=N–C) groups is 1. The molecule has 1 amide bonds. The molecule has 1 fully saturated rings. The van der Waals surface area contributed by atoms with Crippen LogP contribution in [0, 0.1) is 5.82 Å². The predicted molar refractivity (Wildman–Crippen MR) is 108 cm³/mol. The van der Waals surface area contributed by atoms with Gasteiger partial charge in [0.25, 0.3) is 5.92 Å². The van der Waals surface area contributed by atoms with Gasteiger partial charge in [0.1, 0.15) is 5.82 Å². The molecule has 156 valence electrons. The SMILES string of the molecule is C.COc1cc(C(F)(F)C2(C)SC(=NC(C)c3ccc(F)cc3)NC2=O)ccn1. The zero-order valence-electron chi connectivity index (χ0n) is 15.4. The molecule has 2 heterocycles. The lowest BCUT2D eigenvalue weighted by atomic mass is 9.95. The van der Waals surface area contributed by atoms with Gasteiger partial charge in [-0.25, -0.2) is 9.37 Å². The Balaban J connectivity index is 0.00000300. The third kappa shape index (κ3) is 4.24. The van der Waals surface area contributed by atoms with Crippen LogP contribution in [-0.2, 0) is 10.7 Å². The molecule has 0 saturated carbocycles. The van der Waals surface area contributed by atoms with Gasteiger partial charge in [0, 0.05) is 17.8 Å². The van der Waals surface area contributed by atoms with Crippen molar-refractivity contribution in [3.05, 3.63) is 59.5 Å². The predicted octanol–water partition coefficient (Wildman–Crippen LogP) is 4.70. The molecule has 3 rings (SSSR count). The summed E-state index contributed by atoms with van der Waals surface area (Å²) >= 11 is 0.667. The van der Waals surface area contributed by atoms with Gasteiger partial charge in [-0.15, -0.1) is 0 Å². The van der Waals surface area contributed by atoms with Crippen LogP contribution in [0.15, 0.2) is 47.6 Å². The fourth-order valence-electron chi connectivity index (χ4n) is 2.73. The number of carbonyl (C=O) groups excluding carboxylic acids is 1. The summed E-state index contributed by atoms with van der Waals surface area (Å²) in [5, 5.41) is 2.52.